The van der Waals surface area contributed by atoms with Gasteiger partial charge in [0.25, 0.3) is 5.91 Å². The molecule has 0 spiro atoms. The van der Waals surface area contributed by atoms with Gasteiger partial charge in [0, 0.05) is 10.9 Å². The number of aromatic nitrogens is 1. The van der Waals surface area contributed by atoms with E-state index in [-0.39, 0.29) is 11.3 Å². The number of para-hydroxylation sites is 2. The molecule has 0 unspecified atom stereocenters. The quantitative estimate of drug-likeness (QED) is 0.291. The number of carbonyl (C=O) groups is 1. The summed E-state index contributed by atoms with van der Waals surface area (Å²) >= 11 is 0. The fraction of sp³-hybridized carbons (Fsp3) is 0.185. The van der Waals surface area contributed by atoms with Crippen LogP contribution in [0.4, 0.5) is 18.9 Å². The van der Waals surface area contributed by atoms with Crippen molar-refractivity contribution in [3.8, 4) is 17.0 Å². The standard InChI is InChI=1S/C27H23F3N2O2/c1-2-3-16-34-19-14-12-18(13-15-19)25-17-21(20-8-4-6-10-23(20)31-25)26(33)32-24-11-7-5-9-22(24)27(28,29)30/h4-15,17H,2-3,16H2,1H3,(H,32,33). The molecule has 4 aromatic rings. The van der Waals surface area contributed by atoms with E-state index in [0.29, 0.717) is 23.2 Å². The molecule has 34 heavy (non-hydrogen) atoms. The predicted octanol–water partition coefficient (Wildman–Crippen LogP) is 7.35. The van der Waals surface area contributed by atoms with Crippen LogP contribution in [0.5, 0.6) is 5.75 Å². The third kappa shape index (κ3) is 5.20. The number of anilines is 1. The number of pyridine rings is 1. The highest BCUT2D eigenvalue weighted by atomic mass is 19.4. The summed E-state index contributed by atoms with van der Waals surface area (Å²) in [5, 5.41) is 2.98. The second kappa shape index (κ2) is 9.95. The normalized spacial score (nSPS) is 11.4. The number of ether oxygens (including phenoxy) is 1. The van der Waals surface area contributed by atoms with Gasteiger partial charge in [0.15, 0.2) is 0 Å². The lowest BCUT2D eigenvalue weighted by Crippen LogP contribution is -2.17. The zero-order chi connectivity index (χ0) is 24.1. The van der Waals surface area contributed by atoms with Crippen molar-refractivity contribution < 1.29 is 22.7 Å². The third-order valence-corrected chi connectivity index (χ3v) is 5.36. The van der Waals surface area contributed by atoms with E-state index >= 15 is 0 Å². The average molecular weight is 464 g/mol. The third-order valence-electron chi connectivity index (χ3n) is 5.36. The molecule has 0 bridgehead atoms. The van der Waals surface area contributed by atoms with E-state index in [4.69, 9.17) is 4.74 Å². The fourth-order valence-electron chi connectivity index (χ4n) is 3.60. The maximum Gasteiger partial charge on any atom is 0.418 e. The molecule has 4 rings (SSSR count). The Hall–Kier alpha value is -3.87. The number of rotatable bonds is 7. The van der Waals surface area contributed by atoms with Gasteiger partial charge in [-0.15, -0.1) is 0 Å². The molecule has 0 saturated carbocycles. The summed E-state index contributed by atoms with van der Waals surface area (Å²) in [5.74, 6) is 0.0933. The summed E-state index contributed by atoms with van der Waals surface area (Å²) in [6.07, 6.45) is -2.59. The fourth-order valence-corrected chi connectivity index (χ4v) is 3.60. The molecule has 3 aromatic carbocycles. The van der Waals surface area contributed by atoms with Crippen molar-refractivity contribution in [1.82, 2.24) is 4.98 Å². The maximum atomic E-state index is 13.4. The van der Waals surface area contributed by atoms with Crippen LogP contribution in [0.2, 0.25) is 0 Å². The van der Waals surface area contributed by atoms with Crippen molar-refractivity contribution in [2.75, 3.05) is 11.9 Å². The molecule has 7 heteroatoms. The minimum atomic E-state index is -4.59. The van der Waals surface area contributed by atoms with Crippen LogP contribution in [0.3, 0.4) is 0 Å². The summed E-state index contributed by atoms with van der Waals surface area (Å²) in [6.45, 7) is 2.72. The Bertz CT molecular complexity index is 1300. The summed E-state index contributed by atoms with van der Waals surface area (Å²) in [4.78, 5) is 17.8. The van der Waals surface area contributed by atoms with Crippen LogP contribution in [0.1, 0.15) is 35.7 Å². The second-order valence-corrected chi connectivity index (χ2v) is 7.80. The molecule has 1 amide bonds. The lowest BCUT2D eigenvalue weighted by atomic mass is 10.0. The molecule has 1 N–H and O–H groups in total. The number of nitrogens with one attached hydrogen (secondary N) is 1. The lowest BCUT2D eigenvalue weighted by molar-refractivity contribution is -0.136. The van der Waals surface area contributed by atoms with Gasteiger partial charge in [-0.05, 0) is 55.0 Å². The van der Waals surface area contributed by atoms with Gasteiger partial charge in [-0.25, -0.2) is 4.98 Å². The molecule has 0 aliphatic rings. The first kappa shape index (κ1) is 23.3. The largest absolute Gasteiger partial charge is 0.494 e. The summed E-state index contributed by atoms with van der Waals surface area (Å²) in [7, 11) is 0. The van der Waals surface area contributed by atoms with Crippen molar-refractivity contribution in [2.24, 2.45) is 0 Å². The van der Waals surface area contributed by atoms with Crippen molar-refractivity contribution in [3.63, 3.8) is 0 Å². The molecule has 1 heterocycles. The van der Waals surface area contributed by atoms with E-state index in [2.05, 4.69) is 17.2 Å². The van der Waals surface area contributed by atoms with Crippen LogP contribution in [0, 0.1) is 0 Å². The predicted molar refractivity (Wildman–Crippen MR) is 127 cm³/mol. The smallest absolute Gasteiger partial charge is 0.418 e. The van der Waals surface area contributed by atoms with E-state index in [0.717, 1.165) is 30.2 Å². The van der Waals surface area contributed by atoms with Crippen LogP contribution < -0.4 is 10.1 Å². The van der Waals surface area contributed by atoms with Crippen LogP contribution in [0.15, 0.2) is 78.9 Å². The van der Waals surface area contributed by atoms with Gasteiger partial charge in [-0.1, -0.05) is 43.7 Å². The number of amides is 1. The summed E-state index contributed by atoms with van der Waals surface area (Å²) in [6, 6.07) is 20.9. The van der Waals surface area contributed by atoms with E-state index in [1.165, 1.54) is 18.2 Å². The number of unbranched alkanes of at least 4 members (excludes halogenated alkanes) is 1. The van der Waals surface area contributed by atoms with Crippen LogP contribution in [0.25, 0.3) is 22.2 Å². The van der Waals surface area contributed by atoms with Gasteiger partial charge in [0.1, 0.15) is 5.75 Å². The molecule has 4 nitrogen and oxygen atoms in total. The SMILES string of the molecule is CCCCOc1ccc(-c2cc(C(=O)Nc3ccccc3C(F)(F)F)c3ccccc3n2)cc1. The molecular weight excluding hydrogens is 441 g/mol. The van der Waals surface area contributed by atoms with E-state index in [1.807, 2.05) is 24.3 Å². The van der Waals surface area contributed by atoms with E-state index < -0.39 is 17.6 Å². The Labute approximate surface area is 195 Å². The van der Waals surface area contributed by atoms with Crippen molar-refractivity contribution in [3.05, 3.63) is 90.0 Å². The minimum Gasteiger partial charge on any atom is -0.494 e. The molecule has 1 aromatic heterocycles. The topological polar surface area (TPSA) is 51.2 Å². The van der Waals surface area contributed by atoms with Gasteiger partial charge in [-0.3, -0.25) is 4.79 Å². The summed E-state index contributed by atoms with van der Waals surface area (Å²) in [5.41, 5.74) is 0.904. The van der Waals surface area contributed by atoms with Gasteiger partial charge in [-0.2, -0.15) is 13.2 Å². The lowest BCUT2D eigenvalue weighted by Gasteiger charge is -2.15. The molecule has 0 radical (unpaired) electrons. The number of hydrogen-bond acceptors (Lipinski definition) is 3. The number of carbonyl (C=O) groups excluding carboxylic acids is 1. The Morgan fingerprint density at radius 3 is 2.41 bits per heavy atom. The monoisotopic (exact) mass is 464 g/mol. The Kier molecular flexibility index (Phi) is 6.82. The number of nitrogens with zero attached hydrogens (tertiary/aromatic N) is 1. The van der Waals surface area contributed by atoms with Gasteiger partial charge >= 0.3 is 6.18 Å². The molecule has 0 fully saturated rings. The highest BCUT2D eigenvalue weighted by molar-refractivity contribution is 6.13. The van der Waals surface area contributed by atoms with Crippen molar-refractivity contribution in [1.29, 1.82) is 0 Å². The number of alkyl halides is 3. The Morgan fingerprint density at radius 2 is 1.68 bits per heavy atom. The highest BCUT2D eigenvalue weighted by Crippen LogP contribution is 2.35. The zero-order valence-electron chi connectivity index (χ0n) is 18.5. The minimum absolute atomic E-state index is 0.237. The number of hydrogen-bond donors (Lipinski definition) is 1. The van der Waals surface area contributed by atoms with Gasteiger partial charge in [0.05, 0.1) is 34.6 Å². The maximum absolute atomic E-state index is 13.4. The number of halogens is 3. The Balaban J connectivity index is 1.69. The van der Waals surface area contributed by atoms with Gasteiger partial charge < -0.3 is 10.1 Å². The first-order valence-corrected chi connectivity index (χ1v) is 11.0. The molecular formula is C27H23F3N2O2. The molecule has 0 saturated heterocycles. The van der Waals surface area contributed by atoms with Gasteiger partial charge in [0.2, 0.25) is 0 Å². The number of fused-ring (bicyclic) bond motifs is 1. The first-order valence-electron chi connectivity index (χ1n) is 11.0. The second-order valence-electron chi connectivity index (χ2n) is 7.80. The van der Waals surface area contributed by atoms with Crippen LogP contribution >= 0.6 is 0 Å². The Morgan fingerprint density at radius 1 is 0.971 bits per heavy atom. The first-order chi connectivity index (χ1) is 16.4. The summed E-state index contributed by atoms with van der Waals surface area (Å²) < 4.78 is 45.9. The van der Waals surface area contributed by atoms with Crippen molar-refractivity contribution in [2.45, 2.75) is 25.9 Å². The number of benzene rings is 3. The van der Waals surface area contributed by atoms with E-state index in [9.17, 15) is 18.0 Å². The highest BCUT2D eigenvalue weighted by Gasteiger charge is 2.33. The van der Waals surface area contributed by atoms with Crippen molar-refractivity contribution >= 4 is 22.5 Å². The zero-order valence-corrected chi connectivity index (χ0v) is 18.5. The molecule has 0 atom stereocenters. The average Bonchev–Trinajstić information content (AvgIpc) is 2.83. The van der Waals surface area contributed by atoms with E-state index in [1.54, 1.807) is 30.3 Å². The van der Waals surface area contributed by atoms with Crippen LogP contribution in [-0.2, 0) is 6.18 Å². The van der Waals surface area contributed by atoms with Crippen LogP contribution in [-0.4, -0.2) is 17.5 Å². The molecule has 0 aliphatic heterocycles. The molecule has 0 aliphatic carbocycles. The molecule has 174 valence electrons.